The number of ether oxygens (including phenoxy) is 2. The van der Waals surface area contributed by atoms with E-state index in [0.29, 0.717) is 18.4 Å². The van der Waals surface area contributed by atoms with Crippen molar-refractivity contribution in [3.05, 3.63) is 106 Å². The van der Waals surface area contributed by atoms with Crippen LogP contribution in [-0.2, 0) is 15.6 Å². The van der Waals surface area contributed by atoms with Crippen LogP contribution in [0.15, 0.2) is 77.9 Å². The van der Waals surface area contributed by atoms with E-state index in [1.165, 1.54) is 22.3 Å². The van der Waals surface area contributed by atoms with E-state index in [1.54, 1.807) is 0 Å². The fourth-order valence-corrected chi connectivity index (χ4v) is 6.50. The van der Waals surface area contributed by atoms with Crippen molar-refractivity contribution in [1.29, 1.82) is 0 Å². The summed E-state index contributed by atoms with van der Waals surface area (Å²) in [6.45, 7) is 27.4. The van der Waals surface area contributed by atoms with Gasteiger partial charge in [-0.25, -0.2) is 9.98 Å². The van der Waals surface area contributed by atoms with Crippen LogP contribution in [0.1, 0.15) is 115 Å². The Labute approximate surface area is 282 Å². The standard InChI is InChI=1S/C42H51N3O2/c1-26(2)28-20-29(38-44-42(12,25-46-38)40(7,8)9)22-33(21-28)47-32-19-27(3)18-31(24-32)45-36-16-15-30(39(4,5)6)23-35(36)41(10,11)34-14-13-17-43-37(34)45/h13-24,26H,25H2,1-12H3/t42-/m0/s1. The molecule has 0 N–H and O–H groups in total. The third kappa shape index (κ3) is 5.94. The molecule has 0 saturated carbocycles. The highest BCUT2D eigenvalue weighted by molar-refractivity contribution is 5.96. The molecular formula is C42H51N3O2. The molecule has 0 radical (unpaired) electrons. The van der Waals surface area contributed by atoms with Gasteiger partial charge in [-0.1, -0.05) is 87.4 Å². The van der Waals surface area contributed by atoms with Crippen molar-refractivity contribution in [2.45, 2.75) is 105 Å². The zero-order chi connectivity index (χ0) is 34.1. The molecule has 0 saturated heterocycles. The van der Waals surface area contributed by atoms with E-state index in [4.69, 9.17) is 19.5 Å². The second-order valence-corrected chi connectivity index (χ2v) is 16.6. The minimum Gasteiger partial charge on any atom is -0.475 e. The third-order valence-electron chi connectivity index (χ3n) is 10.3. The average molecular weight is 630 g/mol. The number of nitrogens with zero attached hydrogens (tertiary/aromatic N) is 3. The Morgan fingerprint density at radius 2 is 1.57 bits per heavy atom. The molecule has 5 nitrogen and oxygen atoms in total. The van der Waals surface area contributed by atoms with E-state index in [9.17, 15) is 0 Å². The van der Waals surface area contributed by atoms with E-state index >= 15 is 0 Å². The predicted molar refractivity (Wildman–Crippen MR) is 195 cm³/mol. The Kier molecular flexibility index (Phi) is 7.85. The molecule has 1 aromatic heterocycles. The Balaban J connectivity index is 1.44. The van der Waals surface area contributed by atoms with Gasteiger partial charge >= 0.3 is 0 Å². The molecule has 4 aromatic rings. The molecule has 0 unspecified atom stereocenters. The summed E-state index contributed by atoms with van der Waals surface area (Å²) < 4.78 is 13.0. The molecule has 3 heterocycles. The molecule has 6 rings (SSSR count). The molecule has 0 spiro atoms. The number of aliphatic imine (C=N–C) groups is 1. The van der Waals surface area contributed by atoms with Gasteiger partial charge in [0.2, 0.25) is 5.90 Å². The van der Waals surface area contributed by atoms with E-state index in [-0.39, 0.29) is 21.8 Å². The normalized spacial score (nSPS) is 18.8. The van der Waals surface area contributed by atoms with Gasteiger partial charge in [-0.2, -0.15) is 0 Å². The van der Waals surface area contributed by atoms with Crippen LogP contribution in [0.3, 0.4) is 0 Å². The number of aryl methyl sites for hydroxylation is 1. The molecule has 3 aromatic carbocycles. The van der Waals surface area contributed by atoms with Crippen molar-refractivity contribution in [2.75, 3.05) is 11.5 Å². The van der Waals surface area contributed by atoms with Gasteiger partial charge in [-0.15, -0.1) is 0 Å². The van der Waals surface area contributed by atoms with Gasteiger partial charge in [0, 0.05) is 28.8 Å². The van der Waals surface area contributed by atoms with Crippen molar-refractivity contribution < 1.29 is 9.47 Å². The largest absolute Gasteiger partial charge is 0.475 e. The number of anilines is 3. The summed E-state index contributed by atoms with van der Waals surface area (Å²) in [5.41, 5.74) is 8.75. The van der Waals surface area contributed by atoms with Gasteiger partial charge in [0.15, 0.2) is 0 Å². The Hall–Kier alpha value is -4.12. The van der Waals surface area contributed by atoms with E-state index in [1.807, 2.05) is 12.3 Å². The third-order valence-corrected chi connectivity index (χ3v) is 10.3. The van der Waals surface area contributed by atoms with Crippen LogP contribution in [0.5, 0.6) is 11.5 Å². The van der Waals surface area contributed by atoms with E-state index in [2.05, 4.69) is 149 Å². The molecule has 47 heavy (non-hydrogen) atoms. The van der Waals surface area contributed by atoms with Crippen molar-refractivity contribution in [3.8, 4) is 11.5 Å². The monoisotopic (exact) mass is 629 g/mol. The first-order chi connectivity index (χ1) is 21.9. The highest BCUT2D eigenvalue weighted by atomic mass is 16.5. The minimum atomic E-state index is -0.292. The first-order valence-electron chi connectivity index (χ1n) is 17.0. The fourth-order valence-electron chi connectivity index (χ4n) is 6.50. The number of pyridine rings is 1. The van der Waals surface area contributed by atoms with Gasteiger partial charge in [0.1, 0.15) is 29.5 Å². The van der Waals surface area contributed by atoms with Crippen molar-refractivity contribution in [3.63, 3.8) is 0 Å². The van der Waals surface area contributed by atoms with Gasteiger partial charge in [0.25, 0.3) is 0 Å². The lowest BCUT2D eigenvalue weighted by atomic mass is 9.72. The van der Waals surface area contributed by atoms with Crippen molar-refractivity contribution >= 4 is 23.1 Å². The van der Waals surface area contributed by atoms with Gasteiger partial charge in [0.05, 0.1) is 11.4 Å². The summed E-state index contributed by atoms with van der Waals surface area (Å²) in [5.74, 6) is 3.50. The maximum Gasteiger partial charge on any atom is 0.216 e. The first-order valence-corrected chi connectivity index (χ1v) is 17.0. The predicted octanol–water partition coefficient (Wildman–Crippen LogP) is 11.3. The number of rotatable bonds is 5. The smallest absolute Gasteiger partial charge is 0.216 e. The van der Waals surface area contributed by atoms with E-state index < -0.39 is 0 Å². The van der Waals surface area contributed by atoms with Crippen LogP contribution in [0.2, 0.25) is 0 Å². The molecule has 246 valence electrons. The lowest BCUT2D eigenvalue weighted by Gasteiger charge is -2.41. The van der Waals surface area contributed by atoms with Crippen molar-refractivity contribution in [1.82, 2.24) is 4.98 Å². The number of benzene rings is 3. The minimum absolute atomic E-state index is 0.0220. The molecular weight excluding hydrogens is 578 g/mol. The van der Waals surface area contributed by atoms with Crippen LogP contribution in [-0.4, -0.2) is 23.0 Å². The first kappa shape index (κ1) is 32.8. The molecule has 2 aliphatic heterocycles. The topological polar surface area (TPSA) is 47.0 Å². The lowest BCUT2D eigenvalue weighted by Crippen LogP contribution is -2.39. The number of hydrogen-bond acceptors (Lipinski definition) is 5. The SMILES string of the molecule is Cc1cc(Oc2cc(C3=N[C@](C)(C(C)(C)C)CO3)cc(C(C)C)c2)cc(N2c3ccc(C(C)(C)C)cc3C(C)(C)c3cccnc32)c1. The second kappa shape index (κ2) is 11.2. The Morgan fingerprint density at radius 3 is 2.23 bits per heavy atom. The van der Waals surface area contributed by atoms with Gasteiger partial charge < -0.3 is 9.47 Å². The van der Waals surface area contributed by atoms with Crippen LogP contribution in [0.4, 0.5) is 17.2 Å². The molecule has 5 heteroatoms. The highest BCUT2D eigenvalue weighted by Gasteiger charge is 2.43. The van der Waals surface area contributed by atoms with Gasteiger partial charge in [-0.3, -0.25) is 4.90 Å². The average Bonchev–Trinajstić information content (AvgIpc) is 3.40. The molecule has 0 amide bonds. The summed E-state index contributed by atoms with van der Waals surface area (Å²) >= 11 is 0. The Morgan fingerprint density at radius 1 is 0.851 bits per heavy atom. The van der Waals surface area contributed by atoms with Crippen molar-refractivity contribution in [2.24, 2.45) is 10.4 Å². The molecule has 0 fully saturated rings. The quantitative estimate of drug-likeness (QED) is 0.220. The number of fused-ring (bicyclic) bond motifs is 2. The van der Waals surface area contributed by atoms with Crippen LogP contribution < -0.4 is 9.64 Å². The number of aromatic nitrogens is 1. The van der Waals surface area contributed by atoms with Crippen LogP contribution in [0, 0.1) is 12.3 Å². The van der Waals surface area contributed by atoms with Crippen LogP contribution in [0.25, 0.3) is 0 Å². The zero-order valence-corrected chi connectivity index (χ0v) is 30.4. The molecule has 2 aliphatic rings. The summed E-state index contributed by atoms with van der Waals surface area (Å²) in [6, 6.07) is 24.0. The summed E-state index contributed by atoms with van der Waals surface area (Å²) in [4.78, 5) is 12.4. The molecule has 0 aliphatic carbocycles. The maximum absolute atomic E-state index is 6.72. The van der Waals surface area contributed by atoms with E-state index in [0.717, 1.165) is 39.8 Å². The molecule has 1 atom stereocenters. The number of hydrogen-bond donors (Lipinski definition) is 0. The van der Waals surface area contributed by atoms with Gasteiger partial charge in [-0.05, 0) is 95.3 Å². The highest BCUT2D eigenvalue weighted by Crippen LogP contribution is 2.52. The maximum atomic E-state index is 6.72. The summed E-state index contributed by atoms with van der Waals surface area (Å²) in [7, 11) is 0. The lowest BCUT2D eigenvalue weighted by molar-refractivity contribution is 0.154. The van der Waals surface area contributed by atoms with Crippen LogP contribution >= 0.6 is 0 Å². The fraction of sp³-hybridized carbons (Fsp3) is 0.429. The molecule has 0 bridgehead atoms. The summed E-state index contributed by atoms with van der Waals surface area (Å²) in [5, 5.41) is 0. The summed E-state index contributed by atoms with van der Waals surface area (Å²) in [6.07, 6.45) is 1.89. The second-order valence-electron chi connectivity index (χ2n) is 16.6. The zero-order valence-electron chi connectivity index (χ0n) is 30.4. The Bertz CT molecular complexity index is 1870.